The summed E-state index contributed by atoms with van der Waals surface area (Å²) in [6.07, 6.45) is 0.256. The standard InChI is InChI=1S/C9H12F2N8/c1-12-7-15-8(18(2)3-6(10)11)17-9(16-7)19-5-13-4-14-19/h4-6H,3H2,1-2H3,(H,12,15,16,17). The van der Waals surface area contributed by atoms with E-state index in [1.165, 1.54) is 29.3 Å². The third-order valence-corrected chi connectivity index (χ3v) is 2.21. The predicted octanol–water partition coefficient (Wildman–Crippen LogP) is 0.195. The zero-order valence-electron chi connectivity index (χ0n) is 10.3. The Hall–Kier alpha value is -2.39. The summed E-state index contributed by atoms with van der Waals surface area (Å²) in [4.78, 5) is 17.2. The third-order valence-electron chi connectivity index (χ3n) is 2.21. The summed E-state index contributed by atoms with van der Waals surface area (Å²) < 4.78 is 26.1. The van der Waals surface area contributed by atoms with Crippen molar-refractivity contribution in [3.8, 4) is 5.95 Å². The Bertz CT molecular complexity index is 529. The van der Waals surface area contributed by atoms with Crippen molar-refractivity contribution in [1.29, 1.82) is 0 Å². The molecule has 10 heteroatoms. The fourth-order valence-corrected chi connectivity index (χ4v) is 1.34. The van der Waals surface area contributed by atoms with Gasteiger partial charge >= 0.3 is 0 Å². The second kappa shape index (κ2) is 5.50. The first-order valence-corrected chi connectivity index (χ1v) is 5.38. The monoisotopic (exact) mass is 270 g/mol. The topological polar surface area (TPSA) is 84.7 Å². The van der Waals surface area contributed by atoms with Crippen LogP contribution in [0, 0.1) is 0 Å². The molecule has 2 rings (SSSR count). The predicted molar refractivity (Wildman–Crippen MR) is 63.6 cm³/mol. The molecule has 2 aromatic heterocycles. The molecule has 8 nitrogen and oxygen atoms in total. The molecule has 0 fully saturated rings. The molecule has 0 unspecified atom stereocenters. The van der Waals surface area contributed by atoms with E-state index in [9.17, 15) is 8.78 Å². The number of hydrogen-bond acceptors (Lipinski definition) is 7. The van der Waals surface area contributed by atoms with Crippen molar-refractivity contribution < 1.29 is 8.78 Å². The van der Waals surface area contributed by atoms with Crippen LogP contribution in [0.1, 0.15) is 0 Å². The number of nitrogens with one attached hydrogen (secondary N) is 1. The van der Waals surface area contributed by atoms with Crippen LogP contribution in [0.5, 0.6) is 0 Å². The van der Waals surface area contributed by atoms with Crippen LogP contribution in [0.3, 0.4) is 0 Å². The smallest absolute Gasteiger partial charge is 0.258 e. The highest BCUT2D eigenvalue weighted by Gasteiger charge is 2.14. The van der Waals surface area contributed by atoms with Gasteiger partial charge in [-0.1, -0.05) is 0 Å². The van der Waals surface area contributed by atoms with Crippen molar-refractivity contribution in [2.75, 3.05) is 30.9 Å². The zero-order chi connectivity index (χ0) is 13.8. The van der Waals surface area contributed by atoms with Crippen molar-refractivity contribution in [3.05, 3.63) is 12.7 Å². The zero-order valence-corrected chi connectivity index (χ0v) is 10.3. The minimum absolute atomic E-state index is 0.130. The molecular formula is C9H12F2N8. The summed E-state index contributed by atoms with van der Waals surface area (Å²) in [5.41, 5.74) is 0. The third kappa shape index (κ3) is 3.09. The molecule has 0 aromatic carbocycles. The number of anilines is 2. The largest absolute Gasteiger partial charge is 0.357 e. The summed E-state index contributed by atoms with van der Waals surface area (Å²) in [5.74, 6) is 0.592. The average Bonchev–Trinajstić information content (AvgIpc) is 2.91. The van der Waals surface area contributed by atoms with Gasteiger partial charge in [0, 0.05) is 14.1 Å². The number of nitrogens with zero attached hydrogens (tertiary/aromatic N) is 7. The van der Waals surface area contributed by atoms with Crippen molar-refractivity contribution in [2.45, 2.75) is 6.43 Å². The molecule has 0 aliphatic heterocycles. The maximum Gasteiger partial charge on any atom is 0.258 e. The van der Waals surface area contributed by atoms with Crippen LogP contribution in [0.15, 0.2) is 12.7 Å². The number of halogens is 2. The molecule has 0 bridgehead atoms. The fourth-order valence-electron chi connectivity index (χ4n) is 1.34. The number of rotatable bonds is 5. The number of alkyl halides is 2. The Morgan fingerprint density at radius 3 is 2.74 bits per heavy atom. The number of aromatic nitrogens is 6. The summed E-state index contributed by atoms with van der Waals surface area (Å²) in [6.45, 7) is -0.468. The van der Waals surface area contributed by atoms with Crippen LogP contribution in [-0.2, 0) is 0 Å². The highest BCUT2D eigenvalue weighted by atomic mass is 19.3. The van der Waals surface area contributed by atoms with E-state index in [1.54, 1.807) is 7.05 Å². The first kappa shape index (κ1) is 13.1. The van der Waals surface area contributed by atoms with Gasteiger partial charge in [-0.25, -0.2) is 13.8 Å². The van der Waals surface area contributed by atoms with Gasteiger partial charge < -0.3 is 10.2 Å². The summed E-state index contributed by atoms with van der Waals surface area (Å²) in [7, 11) is 3.10. The van der Waals surface area contributed by atoms with Crippen LogP contribution < -0.4 is 10.2 Å². The van der Waals surface area contributed by atoms with Crippen LogP contribution >= 0.6 is 0 Å². The first-order chi connectivity index (χ1) is 9.10. The van der Waals surface area contributed by atoms with E-state index < -0.39 is 13.0 Å². The second-order valence-electron chi connectivity index (χ2n) is 3.62. The normalized spacial score (nSPS) is 10.8. The van der Waals surface area contributed by atoms with Crippen molar-refractivity contribution in [3.63, 3.8) is 0 Å². The summed E-state index contributed by atoms with van der Waals surface area (Å²) >= 11 is 0. The Balaban J connectivity index is 2.36. The minimum atomic E-state index is -2.48. The molecule has 0 saturated heterocycles. The van der Waals surface area contributed by atoms with Gasteiger partial charge in [-0.15, -0.1) is 0 Å². The van der Waals surface area contributed by atoms with Crippen LogP contribution in [0.4, 0.5) is 20.7 Å². The van der Waals surface area contributed by atoms with E-state index in [0.717, 1.165) is 0 Å². The van der Waals surface area contributed by atoms with E-state index in [-0.39, 0.29) is 17.8 Å². The van der Waals surface area contributed by atoms with Crippen LogP contribution in [-0.4, -0.2) is 56.8 Å². The van der Waals surface area contributed by atoms with Crippen LogP contribution in [0.2, 0.25) is 0 Å². The van der Waals surface area contributed by atoms with Gasteiger partial charge in [0.05, 0.1) is 6.54 Å². The van der Waals surface area contributed by atoms with Gasteiger partial charge in [-0.2, -0.15) is 24.7 Å². The molecule has 102 valence electrons. The molecule has 0 atom stereocenters. The molecule has 0 aliphatic carbocycles. The number of hydrogen-bond donors (Lipinski definition) is 1. The lowest BCUT2D eigenvalue weighted by molar-refractivity contribution is 0.156. The molecule has 2 aromatic rings. The van der Waals surface area contributed by atoms with Crippen molar-refractivity contribution in [2.24, 2.45) is 0 Å². The fraction of sp³-hybridized carbons (Fsp3) is 0.444. The molecule has 19 heavy (non-hydrogen) atoms. The Morgan fingerprint density at radius 2 is 2.16 bits per heavy atom. The lowest BCUT2D eigenvalue weighted by atomic mass is 10.6. The van der Waals surface area contributed by atoms with Gasteiger partial charge in [-0.05, 0) is 0 Å². The van der Waals surface area contributed by atoms with Gasteiger partial charge in [-0.3, -0.25) is 0 Å². The molecule has 0 saturated carbocycles. The van der Waals surface area contributed by atoms with Gasteiger partial charge in [0.25, 0.3) is 12.4 Å². The maximum absolute atomic E-state index is 12.4. The molecule has 0 spiro atoms. The second-order valence-corrected chi connectivity index (χ2v) is 3.62. The molecule has 0 aliphatic rings. The van der Waals surface area contributed by atoms with Crippen LogP contribution in [0.25, 0.3) is 5.95 Å². The first-order valence-electron chi connectivity index (χ1n) is 5.38. The van der Waals surface area contributed by atoms with Crippen molar-refractivity contribution in [1.82, 2.24) is 29.7 Å². The van der Waals surface area contributed by atoms with Crippen molar-refractivity contribution >= 4 is 11.9 Å². The Labute approximate surface area is 107 Å². The van der Waals surface area contributed by atoms with Gasteiger partial charge in [0.1, 0.15) is 12.7 Å². The van der Waals surface area contributed by atoms with Gasteiger partial charge in [0.15, 0.2) is 0 Å². The molecular weight excluding hydrogens is 258 g/mol. The highest BCUT2D eigenvalue weighted by Crippen LogP contribution is 2.12. The molecule has 0 amide bonds. The molecule has 2 heterocycles. The lowest BCUT2D eigenvalue weighted by Crippen LogP contribution is -2.27. The summed E-state index contributed by atoms with van der Waals surface area (Å²) in [6, 6.07) is 0. The molecule has 1 N–H and O–H groups in total. The van der Waals surface area contributed by atoms with E-state index in [1.807, 2.05) is 0 Å². The van der Waals surface area contributed by atoms with E-state index in [4.69, 9.17) is 0 Å². The average molecular weight is 270 g/mol. The molecule has 0 radical (unpaired) electrons. The van der Waals surface area contributed by atoms with E-state index in [2.05, 4.69) is 30.4 Å². The van der Waals surface area contributed by atoms with E-state index >= 15 is 0 Å². The SMILES string of the molecule is CNc1nc(N(C)CC(F)F)nc(-n2cncn2)n1. The Kier molecular flexibility index (Phi) is 3.78. The van der Waals surface area contributed by atoms with Gasteiger partial charge in [0.2, 0.25) is 11.9 Å². The quantitative estimate of drug-likeness (QED) is 0.830. The minimum Gasteiger partial charge on any atom is -0.357 e. The Morgan fingerprint density at radius 1 is 1.37 bits per heavy atom. The van der Waals surface area contributed by atoms with E-state index in [0.29, 0.717) is 0 Å². The highest BCUT2D eigenvalue weighted by molar-refractivity contribution is 5.38. The lowest BCUT2D eigenvalue weighted by Gasteiger charge is -2.17. The maximum atomic E-state index is 12.4. The summed E-state index contributed by atoms with van der Waals surface area (Å²) in [5, 5.41) is 6.62.